The highest BCUT2D eigenvalue weighted by atomic mass is 15.3. The number of nitrogens with two attached hydrogens (primary N) is 1. The maximum absolute atomic E-state index is 5.68. The second kappa shape index (κ2) is 5.53. The number of aromatic nitrogens is 2. The second-order valence-electron chi connectivity index (χ2n) is 6.44. The zero-order valence-corrected chi connectivity index (χ0v) is 11.9. The van der Waals surface area contributed by atoms with Gasteiger partial charge in [-0.15, -0.1) is 0 Å². The average Bonchev–Trinajstić information content (AvgIpc) is 2.85. The van der Waals surface area contributed by atoms with E-state index in [0.29, 0.717) is 5.41 Å². The third-order valence-corrected chi connectivity index (χ3v) is 5.13. The van der Waals surface area contributed by atoms with Crippen molar-refractivity contribution in [3.63, 3.8) is 0 Å². The van der Waals surface area contributed by atoms with Crippen LogP contribution in [0, 0.1) is 5.41 Å². The summed E-state index contributed by atoms with van der Waals surface area (Å²) in [5.41, 5.74) is 7.16. The van der Waals surface area contributed by atoms with Crippen LogP contribution < -0.4 is 5.73 Å². The van der Waals surface area contributed by atoms with E-state index in [2.05, 4.69) is 10.00 Å². The Bertz CT molecular complexity index is 396. The topological polar surface area (TPSA) is 47.1 Å². The van der Waals surface area contributed by atoms with Crippen LogP contribution in [0.3, 0.4) is 0 Å². The van der Waals surface area contributed by atoms with Crippen molar-refractivity contribution in [3.05, 3.63) is 12.4 Å². The summed E-state index contributed by atoms with van der Waals surface area (Å²) in [6.07, 6.45) is 13.8. The molecule has 19 heavy (non-hydrogen) atoms. The van der Waals surface area contributed by atoms with Crippen molar-refractivity contribution in [3.8, 4) is 0 Å². The number of rotatable bonds is 3. The molecule has 2 heterocycles. The average molecular weight is 262 g/mol. The third kappa shape index (κ3) is 3.11. The molecule has 1 saturated carbocycles. The minimum Gasteiger partial charge on any atom is -0.396 e. The molecule has 1 aromatic heterocycles. The van der Waals surface area contributed by atoms with Gasteiger partial charge in [-0.25, -0.2) is 0 Å². The van der Waals surface area contributed by atoms with Crippen LogP contribution in [0.15, 0.2) is 12.4 Å². The highest BCUT2D eigenvalue weighted by Crippen LogP contribution is 2.44. The minimum absolute atomic E-state index is 0.713. The van der Waals surface area contributed by atoms with Crippen molar-refractivity contribution in [2.24, 2.45) is 5.41 Å². The predicted octanol–water partition coefficient (Wildman–Crippen LogP) is 2.51. The quantitative estimate of drug-likeness (QED) is 0.910. The van der Waals surface area contributed by atoms with Crippen LogP contribution in [-0.2, 0) is 6.54 Å². The van der Waals surface area contributed by atoms with Crippen molar-refractivity contribution in [2.45, 2.75) is 51.5 Å². The van der Waals surface area contributed by atoms with E-state index >= 15 is 0 Å². The number of anilines is 1. The minimum atomic E-state index is 0.713. The SMILES string of the molecule is Nc1cnn(CCN2CCC3(CCCCC3)CC2)c1. The van der Waals surface area contributed by atoms with Gasteiger partial charge < -0.3 is 10.6 Å². The summed E-state index contributed by atoms with van der Waals surface area (Å²) < 4.78 is 1.96. The summed E-state index contributed by atoms with van der Waals surface area (Å²) in [5, 5.41) is 4.25. The molecule has 4 nitrogen and oxygen atoms in total. The molecule has 106 valence electrons. The smallest absolute Gasteiger partial charge is 0.0719 e. The molecule has 2 aliphatic rings. The second-order valence-corrected chi connectivity index (χ2v) is 6.44. The number of nitrogen functional groups attached to an aromatic ring is 1. The van der Waals surface area contributed by atoms with Gasteiger partial charge in [0.25, 0.3) is 0 Å². The molecule has 3 rings (SSSR count). The summed E-state index contributed by atoms with van der Waals surface area (Å²) in [5.74, 6) is 0. The Balaban J connectivity index is 1.45. The number of hydrogen-bond donors (Lipinski definition) is 1. The van der Waals surface area contributed by atoms with Crippen molar-refractivity contribution < 1.29 is 0 Å². The normalized spacial score (nSPS) is 23.8. The van der Waals surface area contributed by atoms with Crippen LogP contribution in [-0.4, -0.2) is 34.3 Å². The molecule has 1 aliphatic heterocycles. The standard InChI is InChI=1S/C15H26N4/c16-14-12-17-19(13-14)11-10-18-8-6-15(7-9-18)4-2-1-3-5-15/h12-13H,1-11,16H2. The van der Waals surface area contributed by atoms with E-state index in [9.17, 15) is 0 Å². The predicted molar refractivity (Wildman–Crippen MR) is 77.8 cm³/mol. The molecular formula is C15H26N4. The highest BCUT2D eigenvalue weighted by Gasteiger charge is 2.35. The maximum Gasteiger partial charge on any atom is 0.0719 e. The monoisotopic (exact) mass is 262 g/mol. The first-order valence-corrected chi connectivity index (χ1v) is 7.76. The lowest BCUT2D eigenvalue weighted by Gasteiger charge is -2.44. The van der Waals surface area contributed by atoms with E-state index in [0.717, 1.165) is 18.8 Å². The zero-order valence-electron chi connectivity index (χ0n) is 11.9. The first kappa shape index (κ1) is 13.0. The van der Waals surface area contributed by atoms with Gasteiger partial charge in [0.1, 0.15) is 0 Å². The van der Waals surface area contributed by atoms with E-state index in [4.69, 9.17) is 5.73 Å². The Kier molecular flexibility index (Phi) is 3.78. The van der Waals surface area contributed by atoms with Crippen LogP contribution in [0.4, 0.5) is 5.69 Å². The van der Waals surface area contributed by atoms with Gasteiger partial charge in [0, 0.05) is 12.7 Å². The summed E-state index contributed by atoms with van der Waals surface area (Å²) in [7, 11) is 0. The van der Waals surface area contributed by atoms with Gasteiger partial charge in [-0.3, -0.25) is 4.68 Å². The molecule has 0 unspecified atom stereocenters. The Hall–Kier alpha value is -1.03. The van der Waals surface area contributed by atoms with E-state index in [1.165, 1.54) is 58.0 Å². The molecule has 2 fully saturated rings. The highest BCUT2D eigenvalue weighted by molar-refractivity contribution is 5.30. The lowest BCUT2D eigenvalue weighted by atomic mass is 9.68. The van der Waals surface area contributed by atoms with Gasteiger partial charge in [0.15, 0.2) is 0 Å². The fraction of sp³-hybridized carbons (Fsp3) is 0.800. The molecule has 2 N–H and O–H groups in total. The number of nitrogens with zero attached hydrogens (tertiary/aromatic N) is 3. The Labute approximate surface area is 116 Å². The number of hydrogen-bond acceptors (Lipinski definition) is 3. The summed E-state index contributed by atoms with van der Waals surface area (Å²) in [4.78, 5) is 2.59. The Morgan fingerprint density at radius 3 is 2.42 bits per heavy atom. The number of piperidine rings is 1. The Morgan fingerprint density at radius 2 is 1.79 bits per heavy atom. The molecule has 1 spiro atoms. The molecule has 0 atom stereocenters. The van der Waals surface area contributed by atoms with E-state index in [1.54, 1.807) is 6.20 Å². The molecule has 4 heteroatoms. The zero-order chi connectivity index (χ0) is 13.1. The fourth-order valence-corrected chi connectivity index (χ4v) is 3.80. The number of likely N-dealkylation sites (tertiary alicyclic amines) is 1. The largest absolute Gasteiger partial charge is 0.396 e. The molecule has 1 aromatic rings. The lowest BCUT2D eigenvalue weighted by molar-refractivity contribution is 0.0657. The van der Waals surface area contributed by atoms with Crippen LogP contribution in [0.25, 0.3) is 0 Å². The van der Waals surface area contributed by atoms with Crippen LogP contribution in [0.5, 0.6) is 0 Å². The molecule has 0 aromatic carbocycles. The van der Waals surface area contributed by atoms with Crippen LogP contribution >= 0.6 is 0 Å². The summed E-state index contributed by atoms with van der Waals surface area (Å²) in [6, 6.07) is 0. The van der Waals surface area contributed by atoms with Gasteiger partial charge in [-0.2, -0.15) is 5.10 Å². The van der Waals surface area contributed by atoms with Gasteiger partial charge in [0.2, 0.25) is 0 Å². The van der Waals surface area contributed by atoms with Gasteiger partial charge in [-0.1, -0.05) is 19.3 Å². The van der Waals surface area contributed by atoms with E-state index in [1.807, 2.05) is 10.9 Å². The molecular weight excluding hydrogens is 236 g/mol. The van der Waals surface area contributed by atoms with Gasteiger partial charge in [-0.05, 0) is 44.2 Å². The van der Waals surface area contributed by atoms with Crippen molar-refractivity contribution in [1.29, 1.82) is 0 Å². The molecule has 0 bridgehead atoms. The molecule has 0 amide bonds. The van der Waals surface area contributed by atoms with Crippen LogP contribution in [0.2, 0.25) is 0 Å². The first-order valence-electron chi connectivity index (χ1n) is 7.76. The lowest BCUT2D eigenvalue weighted by Crippen LogP contribution is -2.42. The van der Waals surface area contributed by atoms with Gasteiger partial charge >= 0.3 is 0 Å². The van der Waals surface area contributed by atoms with Crippen molar-refractivity contribution in [2.75, 3.05) is 25.4 Å². The summed E-state index contributed by atoms with van der Waals surface area (Å²) in [6.45, 7) is 4.62. The third-order valence-electron chi connectivity index (χ3n) is 5.13. The Morgan fingerprint density at radius 1 is 1.05 bits per heavy atom. The summed E-state index contributed by atoms with van der Waals surface area (Å²) >= 11 is 0. The first-order chi connectivity index (χ1) is 9.26. The van der Waals surface area contributed by atoms with E-state index < -0.39 is 0 Å². The van der Waals surface area contributed by atoms with Crippen LogP contribution in [0.1, 0.15) is 44.9 Å². The molecule has 0 radical (unpaired) electrons. The maximum atomic E-state index is 5.68. The van der Waals surface area contributed by atoms with Crippen molar-refractivity contribution >= 4 is 5.69 Å². The molecule has 1 aliphatic carbocycles. The van der Waals surface area contributed by atoms with E-state index in [-0.39, 0.29) is 0 Å². The van der Waals surface area contributed by atoms with Gasteiger partial charge in [0.05, 0.1) is 18.4 Å². The molecule has 1 saturated heterocycles. The fourth-order valence-electron chi connectivity index (χ4n) is 3.80. The van der Waals surface area contributed by atoms with Crippen molar-refractivity contribution in [1.82, 2.24) is 14.7 Å².